The van der Waals surface area contributed by atoms with Gasteiger partial charge in [-0.15, -0.1) is 0 Å². The highest BCUT2D eigenvalue weighted by atomic mass is 15.2. The van der Waals surface area contributed by atoms with Crippen molar-refractivity contribution in [3.63, 3.8) is 0 Å². The zero-order valence-electron chi connectivity index (χ0n) is 47.1. The summed E-state index contributed by atoms with van der Waals surface area (Å²) in [7, 11) is 0. The average Bonchev–Trinajstić information content (AvgIpc) is 3.41. The van der Waals surface area contributed by atoms with E-state index in [1.54, 1.807) is 0 Å². The molecule has 83 heavy (non-hydrogen) atoms. The molecule has 0 atom stereocenters. The second-order valence-corrected chi connectivity index (χ2v) is 23.8. The molecular weight excluding hydrogens is 1000 g/mol. The predicted molar refractivity (Wildman–Crippen MR) is 349 cm³/mol. The van der Waals surface area contributed by atoms with Crippen LogP contribution < -0.4 is 9.80 Å². The normalized spacial score (nSPS) is 14.7. The first-order chi connectivity index (χ1) is 40.8. The number of hydrogen-bond acceptors (Lipinski definition) is 2. The van der Waals surface area contributed by atoms with Crippen molar-refractivity contribution in [2.24, 2.45) is 0 Å². The molecule has 0 unspecified atom stereocenters. The van der Waals surface area contributed by atoms with Gasteiger partial charge in [-0.25, -0.2) is 0 Å². The third-order valence-electron chi connectivity index (χ3n) is 18.9. The van der Waals surface area contributed by atoms with Gasteiger partial charge in [0.15, 0.2) is 0 Å². The van der Waals surface area contributed by atoms with Crippen LogP contribution in [0.1, 0.15) is 72.2 Å². The summed E-state index contributed by atoms with van der Waals surface area (Å²) in [4.78, 5) is 5.05. The van der Waals surface area contributed by atoms with Crippen molar-refractivity contribution in [2.45, 2.75) is 43.9 Å². The van der Waals surface area contributed by atoms with Gasteiger partial charge in [0.05, 0.1) is 28.2 Å². The van der Waals surface area contributed by atoms with E-state index in [-0.39, 0.29) is 10.8 Å². The molecule has 2 aliphatic heterocycles. The van der Waals surface area contributed by atoms with Gasteiger partial charge >= 0.3 is 0 Å². The lowest BCUT2D eigenvalue weighted by Crippen LogP contribution is -2.31. The van der Waals surface area contributed by atoms with E-state index in [1.807, 2.05) is 0 Å². The second-order valence-electron chi connectivity index (χ2n) is 23.8. The molecule has 2 heteroatoms. The first-order valence-corrected chi connectivity index (χ1v) is 29.3. The maximum absolute atomic E-state index is 2.55. The van der Waals surface area contributed by atoms with E-state index in [1.165, 1.54) is 133 Å². The minimum Gasteiger partial charge on any atom is -0.309 e. The van der Waals surface area contributed by atoms with Gasteiger partial charge in [0.2, 0.25) is 0 Å². The van der Waals surface area contributed by atoms with Crippen molar-refractivity contribution < 1.29 is 0 Å². The molecule has 0 saturated heterocycles. The lowest BCUT2D eigenvalue weighted by atomic mass is 9.67. The molecule has 0 fully saturated rings. The topological polar surface area (TPSA) is 6.48 Å². The Hall–Kier alpha value is -10.0. The van der Waals surface area contributed by atoms with Gasteiger partial charge in [0, 0.05) is 33.3 Å². The Morgan fingerprint density at radius 3 is 1.07 bits per heavy atom. The highest BCUT2D eigenvalue weighted by molar-refractivity contribution is 6.22. The van der Waals surface area contributed by atoms with E-state index in [0.717, 1.165) is 11.4 Å². The summed E-state index contributed by atoms with van der Waals surface area (Å²) in [5.41, 5.74) is 26.1. The van der Waals surface area contributed by atoms with E-state index < -0.39 is 5.41 Å². The van der Waals surface area contributed by atoms with Crippen molar-refractivity contribution in [1.29, 1.82) is 0 Å². The molecule has 0 amide bonds. The molecule has 0 N–H and O–H groups in total. The minimum absolute atomic E-state index is 0.283. The van der Waals surface area contributed by atoms with Crippen LogP contribution in [0.2, 0.25) is 0 Å². The molecule has 2 heterocycles. The van der Waals surface area contributed by atoms with Crippen molar-refractivity contribution in [2.75, 3.05) is 9.80 Å². The summed E-state index contributed by atoms with van der Waals surface area (Å²) in [5, 5.41) is 4.84. The van der Waals surface area contributed by atoms with Crippen molar-refractivity contribution in [3.8, 4) is 44.5 Å². The fourth-order valence-electron chi connectivity index (χ4n) is 15.3. The summed E-state index contributed by atoms with van der Waals surface area (Å²) in [5.74, 6) is 0. The molecule has 1 aliphatic carbocycles. The number of hydrogen-bond donors (Lipinski definition) is 0. The Balaban J connectivity index is 1.05. The lowest BCUT2D eigenvalue weighted by Gasteiger charge is -2.43. The van der Waals surface area contributed by atoms with E-state index >= 15 is 0 Å². The van der Waals surface area contributed by atoms with E-state index in [0.29, 0.717) is 0 Å². The Morgan fingerprint density at radius 2 is 0.590 bits per heavy atom. The van der Waals surface area contributed by atoms with E-state index in [2.05, 4.69) is 329 Å². The fraction of sp³-hybridized carbons (Fsp3) is 0.0864. The molecule has 3 aliphatic rings. The first-order valence-electron chi connectivity index (χ1n) is 29.3. The van der Waals surface area contributed by atoms with Gasteiger partial charge in [-0.05, 0) is 142 Å². The third kappa shape index (κ3) is 6.96. The summed E-state index contributed by atoms with van der Waals surface area (Å²) in [6.45, 7) is 9.59. The van der Waals surface area contributed by atoms with Gasteiger partial charge in [-0.3, -0.25) is 0 Å². The second kappa shape index (κ2) is 18.5. The fourth-order valence-corrected chi connectivity index (χ4v) is 15.3. The first kappa shape index (κ1) is 48.8. The van der Waals surface area contributed by atoms with Gasteiger partial charge in [-0.1, -0.05) is 276 Å². The van der Waals surface area contributed by atoms with Gasteiger partial charge in [0.1, 0.15) is 0 Å². The largest absolute Gasteiger partial charge is 0.309 e. The SMILES string of the molecule is CC1(C)c2ccccc2N(c2ccccc2)c2c(-c3cccc4c(-c5cccc6c5-c5ccccc5C6(c5ccccc5)c5ccccc5)c5cccc(-c6cccc7c6N(c6ccccc6)c6ccccc6C7(C)C)c5cc34)cccc21. The van der Waals surface area contributed by atoms with Gasteiger partial charge < -0.3 is 9.80 Å². The molecule has 0 spiro atoms. The zero-order valence-corrected chi connectivity index (χ0v) is 47.1. The molecule has 0 aromatic heterocycles. The summed E-state index contributed by atoms with van der Waals surface area (Å²) < 4.78 is 0. The summed E-state index contributed by atoms with van der Waals surface area (Å²) in [6, 6.07) is 110. The quantitative estimate of drug-likeness (QED) is 0.147. The Bertz CT molecular complexity index is 4480. The molecule has 13 aromatic carbocycles. The maximum Gasteiger partial charge on any atom is 0.0713 e. The van der Waals surface area contributed by atoms with Crippen molar-refractivity contribution in [3.05, 3.63) is 336 Å². The molecule has 0 saturated carbocycles. The third-order valence-corrected chi connectivity index (χ3v) is 18.9. The molecule has 394 valence electrons. The van der Waals surface area contributed by atoms with Crippen LogP contribution >= 0.6 is 0 Å². The van der Waals surface area contributed by atoms with E-state index in [9.17, 15) is 0 Å². The Morgan fingerprint density at radius 1 is 0.241 bits per heavy atom. The highest BCUT2D eigenvalue weighted by Gasteiger charge is 2.47. The van der Waals surface area contributed by atoms with Crippen molar-refractivity contribution >= 4 is 55.7 Å². The predicted octanol–water partition coefficient (Wildman–Crippen LogP) is 21.6. The van der Waals surface area contributed by atoms with Gasteiger partial charge in [0.25, 0.3) is 0 Å². The van der Waals surface area contributed by atoms with Crippen LogP contribution in [0.4, 0.5) is 34.1 Å². The standard InChI is InChI=1S/C81H60N2/c1-79(2)68-45-19-21-50-73(68)82(55-32-13-7-14-33-55)77-61(41-25-48-71(77)79)57-37-23-39-59-65(57)52-66-58(62-42-26-49-72-78(62)83(56-34-15-8-16-35-56)74-51-22-20-46-69(74)80(72,3)4)38-24-40-60(66)75(59)64-43-27-47-70-76(64)63-36-17-18-44-67(63)81(70,53-28-9-5-10-29-53)54-30-11-6-12-31-54/h5-52H,1-4H3. The number of benzene rings is 13. The number of para-hydroxylation sites is 6. The van der Waals surface area contributed by atoms with Crippen LogP contribution in [0.15, 0.2) is 291 Å². The Labute approximate surface area is 486 Å². The summed E-state index contributed by atoms with van der Waals surface area (Å²) >= 11 is 0. The summed E-state index contributed by atoms with van der Waals surface area (Å²) in [6.07, 6.45) is 0. The molecule has 0 bridgehead atoms. The minimum atomic E-state index is -0.568. The molecule has 16 rings (SSSR count). The smallest absolute Gasteiger partial charge is 0.0713 e. The highest BCUT2D eigenvalue weighted by Crippen LogP contribution is 2.62. The molecule has 2 nitrogen and oxygen atoms in total. The van der Waals surface area contributed by atoms with Crippen LogP contribution in [-0.2, 0) is 16.2 Å². The Kier molecular flexibility index (Phi) is 10.9. The zero-order chi connectivity index (χ0) is 55.6. The number of fused-ring (bicyclic) bond motifs is 9. The molecule has 0 radical (unpaired) electrons. The number of anilines is 6. The molecule has 13 aromatic rings. The number of nitrogens with zero attached hydrogens (tertiary/aromatic N) is 2. The molecular formula is C81H60N2. The van der Waals surface area contributed by atoms with Crippen LogP contribution in [0, 0.1) is 0 Å². The van der Waals surface area contributed by atoms with Crippen LogP contribution in [-0.4, -0.2) is 0 Å². The maximum atomic E-state index is 2.55. The average molecular weight is 1060 g/mol. The lowest BCUT2D eigenvalue weighted by molar-refractivity contribution is 0.632. The van der Waals surface area contributed by atoms with Crippen LogP contribution in [0.25, 0.3) is 66.1 Å². The van der Waals surface area contributed by atoms with Crippen LogP contribution in [0.5, 0.6) is 0 Å². The monoisotopic (exact) mass is 1060 g/mol. The van der Waals surface area contributed by atoms with E-state index in [4.69, 9.17) is 0 Å². The number of rotatable bonds is 7. The van der Waals surface area contributed by atoms with Crippen LogP contribution in [0.3, 0.4) is 0 Å². The van der Waals surface area contributed by atoms with Crippen molar-refractivity contribution in [1.82, 2.24) is 0 Å². The van der Waals surface area contributed by atoms with Gasteiger partial charge in [-0.2, -0.15) is 0 Å².